The maximum Gasteiger partial charge on any atom is 0.224 e. The number of hydrogen-bond acceptors (Lipinski definition) is 5. The Balaban J connectivity index is 1.37. The first-order chi connectivity index (χ1) is 16.5. The first-order valence-corrected chi connectivity index (χ1v) is 12.7. The van der Waals surface area contributed by atoms with Gasteiger partial charge >= 0.3 is 0 Å². The number of carbonyl (C=O) groups excluding carboxylic acids is 1. The van der Waals surface area contributed by atoms with Crippen molar-refractivity contribution in [3.63, 3.8) is 0 Å². The molecule has 2 aromatic rings. The van der Waals surface area contributed by atoms with Crippen molar-refractivity contribution in [1.29, 1.82) is 0 Å². The number of piperidine rings is 1. The minimum atomic E-state index is 0.0893. The number of hydrogen-bond donors (Lipinski definition) is 1. The number of likely N-dealkylation sites (tertiary alicyclic amines) is 1. The van der Waals surface area contributed by atoms with E-state index < -0.39 is 0 Å². The van der Waals surface area contributed by atoms with E-state index in [0.29, 0.717) is 18.4 Å². The van der Waals surface area contributed by atoms with Crippen LogP contribution in [-0.4, -0.2) is 75.2 Å². The minimum absolute atomic E-state index is 0.0893. The van der Waals surface area contributed by atoms with Gasteiger partial charge in [0.1, 0.15) is 0 Å². The van der Waals surface area contributed by atoms with Gasteiger partial charge in [-0.1, -0.05) is 29.8 Å². The summed E-state index contributed by atoms with van der Waals surface area (Å²) in [6, 6.07) is 16.7. The van der Waals surface area contributed by atoms with Gasteiger partial charge in [-0.2, -0.15) is 0 Å². The van der Waals surface area contributed by atoms with Crippen LogP contribution in [0.1, 0.15) is 24.8 Å². The van der Waals surface area contributed by atoms with Crippen LogP contribution in [0.4, 0.5) is 11.4 Å². The molecule has 6 nitrogen and oxygen atoms in total. The number of morpholine rings is 1. The van der Waals surface area contributed by atoms with Crippen molar-refractivity contribution in [2.75, 3.05) is 63.7 Å². The van der Waals surface area contributed by atoms with Crippen LogP contribution in [0.3, 0.4) is 0 Å². The highest BCUT2D eigenvalue weighted by Gasteiger charge is 2.34. The van der Waals surface area contributed by atoms with Gasteiger partial charge in [-0.25, -0.2) is 0 Å². The topological polar surface area (TPSA) is 48.1 Å². The number of halogens is 1. The fourth-order valence-electron chi connectivity index (χ4n) is 5.16. The van der Waals surface area contributed by atoms with Gasteiger partial charge in [0.25, 0.3) is 0 Å². The van der Waals surface area contributed by atoms with E-state index in [1.807, 2.05) is 55.4 Å². The average molecular weight is 485 g/mol. The molecule has 4 rings (SSSR count). The lowest BCUT2D eigenvalue weighted by atomic mass is 9.86. The molecule has 2 saturated heterocycles. The number of anilines is 2. The van der Waals surface area contributed by atoms with Crippen LogP contribution in [-0.2, 0) is 16.1 Å². The summed E-state index contributed by atoms with van der Waals surface area (Å²) in [6.07, 6.45) is 2.55. The Morgan fingerprint density at radius 1 is 1.12 bits per heavy atom. The van der Waals surface area contributed by atoms with Crippen molar-refractivity contribution in [1.82, 2.24) is 9.80 Å². The van der Waals surface area contributed by atoms with Crippen molar-refractivity contribution in [2.45, 2.75) is 31.8 Å². The third-order valence-corrected chi connectivity index (χ3v) is 7.25. The quantitative estimate of drug-likeness (QED) is 0.603. The summed E-state index contributed by atoms with van der Waals surface area (Å²) in [5.41, 5.74) is 3.22. The smallest absolute Gasteiger partial charge is 0.224 e. The van der Waals surface area contributed by atoms with Crippen molar-refractivity contribution >= 4 is 28.9 Å². The van der Waals surface area contributed by atoms with E-state index in [2.05, 4.69) is 27.2 Å². The number of rotatable bonds is 8. The van der Waals surface area contributed by atoms with Gasteiger partial charge < -0.3 is 15.0 Å². The summed E-state index contributed by atoms with van der Waals surface area (Å²) >= 11 is 6.07. The SMILES string of the molecule is CN(C)c1cccc(NC(=O)CC[C@@H]2CN(Cc3ccc(Cl)cc3)CC[C@@H]2N2CCOCC2)c1. The van der Waals surface area contributed by atoms with Crippen LogP contribution in [0, 0.1) is 5.92 Å². The molecular formula is C27H37ClN4O2. The standard InChI is InChI=1S/C27H37ClN4O2/c1-30(2)25-5-3-4-24(18-25)29-27(33)11-8-22-20-31(19-21-6-9-23(28)10-7-21)13-12-26(22)32-14-16-34-17-15-32/h3-7,9-10,18,22,26H,8,11-17,19-20H2,1-2H3,(H,29,33)/t22-,26+/m1/s1. The maximum atomic E-state index is 12.8. The Bertz CT molecular complexity index is 930. The Morgan fingerprint density at radius 3 is 2.62 bits per heavy atom. The van der Waals surface area contributed by atoms with E-state index in [1.54, 1.807) is 0 Å². The molecule has 34 heavy (non-hydrogen) atoms. The lowest BCUT2D eigenvalue weighted by Gasteiger charge is -2.45. The van der Waals surface area contributed by atoms with E-state index in [4.69, 9.17) is 16.3 Å². The number of nitrogens with one attached hydrogen (secondary N) is 1. The first kappa shape index (κ1) is 25.0. The predicted molar refractivity (Wildman–Crippen MR) is 140 cm³/mol. The summed E-state index contributed by atoms with van der Waals surface area (Å²) in [7, 11) is 4.01. The molecule has 2 fully saturated rings. The van der Waals surface area contributed by atoms with E-state index in [0.717, 1.165) is 75.2 Å². The zero-order valence-electron chi connectivity index (χ0n) is 20.4. The minimum Gasteiger partial charge on any atom is -0.379 e. The molecule has 1 amide bonds. The lowest BCUT2D eigenvalue weighted by Crippen LogP contribution is -2.53. The second-order valence-corrected chi connectivity index (χ2v) is 10.1. The third kappa shape index (κ3) is 6.95. The van der Waals surface area contributed by atoms with Crippen LogP contribution < -0.4 is 10.2 Å². The molecule has 1 N–H and O–H groups in total. The maximum absolute atomic E-state index is 12.8. The summed E-state index contributed by atoms with van der Waals surface area (Å²) in [4.78, 5) is 20.0. The molecule has 2 atom stereocenters. The van der Waals surface area contributed by atoms with Gasteiger partial charge in [0.15, 0.2) is 0 Å². The van der Waals surface area contributed by atoms with E-state index in [9.17, 15) is 4.79 Å². The van der Waals surface area contributed by atoms with Crippen molar-refractivity contribution < 1.29 is 9.53 Å². The number of carbonyl (C=O) groups is 1. The summed E-state index contributed by atoms with van der Waals surface area (Å²) in [6.45, 7) is 6.59. The van der Waals surface area contributed by atoms with Crippen molar-refractivity contribution in [3.05, 3.63) is 59.1 Å². The van der Waals surface area contributed by atoms with Gasteiger partial charge in [0.2, 0.25) is 5.91 Å². The van der Waals surface area contributed by atoms with Crippen LogP contribution in [0.25, 0.3) is 0 Å². The lowest BCUT2D eigenvalue weighted by molar-refractivity contribution is -0.116. The zero-order chi connectivity index (χ0) is 23.9. The fourth-order valence-corrected chi connectivity index (χ4v) is 5.29. The molecule has 2 aromatic carbocycles. The highest BCUT2D eigenvalue weighted by atomic mass is 35.5. The Labute approximate surface area is 208 Å². The summed E-state index contributed by atoms with van der Waals surface area (Å²) in [5.74, 6) is 0.546. The van der Waals surface area contributed by atoms with Crippen LogP contribution in [0.2, 0.25) is 5.02 Å². The highest BCUT2D eigenvalue weighted by Crippen LogP contribution is 2.28. The monoisotopic (exact) mass is 484 g/mol. The second-order valence-electron chi connectivity index (χ2n) is 9.66. The molecule has 0 spiro atoms. The number of nitrogens with zero attached hydrogens (tertiary/aromatic N) is 3. The molecule has 0 radical (unpaired) electrons. The van der Waals surface area contributed by atoms with E-state index in [-0.39, 0.29) is 5.91 Å². The average Bonchev–Trinajstić information content (AvgIpc) is 2.85. The van der Waals surface area contributed by atoms with Gasteiger partial charge in [-0.3, -0.25) is 14.6 Å². The Hall–Kier alpha value is -2.12. The molecular weight excluding hydrogens is 448 g/mol. The molecule has 2 aliphatic heterocycles. The number of benzene rings is 2. The molecule has 0 saturated carbocycles. The van der Waals surface area contributed by atoms with Crippen molar-refractivity contribution in [3.8, 4) is 0 Å². The molecule has 0 aromatic heterocycles. The predicted octanol–water partition coefficient (Wildman–Crippen LogP) is 4.35. The molecule has 0 aliphatic carbocycles. The molecule has 2 aliphatic rings. The third-order valence-electron chi connectivity index (χ3n) is 7.00. The van der Waals surface area contributed by atoms with Gasteiger partial charge in [0, 0.05) is 69.1 Å². The largest absolute Gasteiger partial charge is 0.379 e. The van der Waals surface area contributed by atoms with Gasteiger partial charge in [-0.05, 0) is 61.2 Å². The molecule has 184 valence electrons. The molecule has 0 bridgehead atoms. The van der Waals surface area contributed by atoms with Gasteiger partial charge in [-0.15, -0.1) is 0 Å². The van der Waals surface area contributed by atoms with Crippen LogP contribution >= 0.6 is 11.6 Å². The second kappa shape index (κ2) is 12.0. The van der Waals surface area contributed by atoms with E-state index in [1.165, 1.54) is 5.56 Å². The Kier molecular flexibility index (Phi) is 8.84. The summed E-state index contributed by atoms with van der Waals surface area (Å²) < 4.78 is 5.60. The first-order valence-electron chi connectivity index (χ1n) is 12.3. The molecule has 2 heterocycles. The Morgan fingerprint density at radius 2 is 1.88 bits per heavy atom. The normalized spacial score (nSPS) is 21.9. The molecule has 7 heteroatoms. The van der Waals surface area contributed by atoms with Crippen LogP contribution in [0.5, 0.6) is 0 Å². The fraction of sp³-hybridized carbons (Fsp3) is 0.519. The molecule has 0 unspecified atom stereocenters. The van der Waals surface area contributed by atoms with E-state index >= 15 is 0 Å². The number of ether oxygens (including phenoxy) is 1. The van der Waals surface area contributed by atoms with Crippen molar-refractivity contribution in [2.24, 2.45) is 5.92 Å². The van der Waals surface area contributed by atoms with Crippen LogP contribution in [0.15, 0.2) is 48.5 Å². The highest BCUT2D eigenvalue weighted by molar-refractivity contribution is 6.30. The summed E-state index contributed by atoms with van der Waals surface area (Å²) in [5, 5.41) is 3.88. The number of amides is 1. The van der Waals surface area contributed by atoms with Gasteiger partial charge in [0.05, 0.1) is 13.2 Å². The zero-order valence-corrected chi connectivity index (χ0v) is 21.1.